The summed E-state index contributed by atoms with van der Waals surface area (Å²) in [6.07, 6.45) is 47.0. The topological polar surface area (TPSA) is 149 Å². The van der Waals surface area contributed by atoms with Crippen LogP contribution in [0.3, 0.4) is 0 Å². The van der Waals surface area contributed by atoms with Gasteiger partial charge in [0.25, 0.3) is 0 Å². The lowest BCUT2D eigenvalue weighted by Crippen LogP contribution is -2.60. The Balaban J connectivity index is 2.12. The number of amides is 1. The molecule has 0 aromatic carbocycles. The molecule has 6 N–H and O–H groups in total. The maximum absolute atomic E-state index is 12.8. The molecule has 7 unspecified atom stereocenters. The largest absolute Gasteiger partial charge is 0.394 e. The summed E-state index contributed by atoms with van der Waals surface area (Å²) in [6, 6.07) is -0.822. The second-order valence-corrected chi connectivity index (χ2v) is 18.0. The minimum atomic E-state index is -1.57. The average Bonchev–Trinajstić information content (AvgIpc) is 3.26. The summed E-state index contributed by atoms with van der Waals surface area (Å²) >= 11 is 0. The molecule has 1 amide bonds. The molecule has 0 aliphatic carbocycles. The number of allylic oxidation sites excluding steroid dienone is 5. The lowest BCUT2D eigenvalue weighted by molar-refractivity contribution is -0.302. The van der Waals surface area contributed by atoms with Crippen molar-refractivity contribution in [3.05, 3.63) is 36.5 Å². The fourth-order valence-electron chi connectivity index (χ4n) is 8.07. The second-order valence-electron chi connectivity index (χ2n) is 18.0. The van der Waals surface area contributed by atoms with E-state index < -0.39 is 49.5 Å². The summed E-state index contributed by atoms with van der Waals surface area (Å²) in [7, 11) is 0. The maximum atomic E-state index is 12.8. The Kier molecular flexibility index (Phi) is 39.9. The molecule has 7 atom stereocenters. The van der Waals surface area contributed by atoms with Gasteiger partial charge in [0.15, 0.2) is 6.29 Å². The molecule has 0 aromatic rings. The Morgan fingerprint density at radius 3 is 1.38 bits per heavy atom. The summed E-state index contributed by atoms with van der Waals surface area (Å²) in [5.74, 6) is -0.201. The predicted octanol–water partition coefficient (Wildman–Crippen LogP) is 11.6. The first-order chi connectivity index (χ1) is 29.8. The summed E-state index contributed by atoms with van der Waals surface area (Å²) < 4.78 is 11.1. The standard InChI is InChI=1S/C52H97NO8/c1-3-5-7-9-11-12-13-14-15-16-17-18-19-20-21-22-23-24-25-26-27-28-29-30-31-32-33-34-35-36-37-39-41-46(55)45(53-48(56)42-40-38-10-8-6-4-2)44-60-52-51(59)50(58)49(57)47(43-54)61-52/h30-31,34-35,39,41,45-47,49-52,54-55,57-59H,3-29,32-33,36-38,40,42-44H2,1-2H3,(H,53,56)/b31-30+,35-34+,41-39+. The second kappa shape index (κ2) is 42.4. The van der Waals surface area contributed by atoms with Gasteiger partial charge in [-0.3, -0.25) is 4.79 Å². The Morgan fingerprint density at radius 1 is 0.541 bits per heavy atom. The van der Waals surface area contributed by atoms with Crippen LogP contribution < -0.4 is 5.32 Å². The fourth-order valence-corrected chi connectivity index (χ4v) is 8.07. The zero-order chi connectivity index (χ0) is 44.4. The van der Waals surface area contributed by atoms with Crippen molar-refractivity contribution in [3.63, 3.8) is 0 Å². The molecule has 1 aliphatic rings. The van der Waals surface area contributed by atoms with E-state index in [9.17, 15) is 30.3 Å². The van der Waals surface area contributed by atoms with Crippen molar-refractivity contribution in [2.45, 2.75) is 275 Å². The number of ether oxygens (including phenoxy) is 2. The number of unbranched alkanes of at least 4 members (excludes halogenated alkanes) is 29. The van der Waals surface area contributed by atoms with E-state index in [2.05, 4.69) is 43.5 Å². The lowest BCUT2D eigenvalue weighted by Gasteiger charge is -2.40. The van der Waals surface area contributed by atoms with Crippen LogP contribution in [0, 0.1) is 0 Å². The van der Waals surface area contributed by atoms with Crippen LogP contribution in [-0.2, 0) is 14.3 Å². The molecule has 1 rings (SSSR count). The number of aliphatic hydroxyl groups is 5. The molecule has 0 bridgehead atoms. The first-order valence-electron chi connectivity index (χ1n) is 25.7. The van der Waals surface area contributed by atoms with Gasteiger partial charge >= 0.3 is 0 Å². The van der Waals surface area contributed by atoms with Crippen LogP contribution in [0.1, 0.15) is 232 Å². The molecule has 9 heteroatoms. The Bertz CT molecular complexity index is 1050. The quantitative estimate of drug-likeness (QED) is 0.0262. The Morgan fingerprint density at radius 2 is 0.934 bits per heavy atom. The van der Waals surface area contributed by atoms with Gasteiger partial charge in [0, 0.05) is 6.42 Å². The maximum Gasteiger partial charge on any atom is 0.220 e. The van der Waals surface area contributed by atoms with Crippen molar-refractivity contribution in [1.29, 1.82) is 0 Å². The molecule has 0 radical (unpaired) electrons. The molecule has 9 nitrogen and oxygen atoms in total. The number of rotatable bonds is 43. The zero-order valence-electron chi connectivity index (χ0n) is 39.4. The molecular weight excluding hydrogens is 767 g/mol. The summed E-state index contributed by atoms with van der Waals surface area (Å²) in [5, 5.41) is 53.9. The summed E-state index contributed by atoms with van der Waals surface area (Å²) in [5.41, 5.74) is 0. The molecule has 1 aliphatic heterocycles. The van der Waals surface area contributed by atoms with Gasteiger partial charge in [0.05, 0.1) is 25.4 Å². The molecular formula is C52H97NO8. The van der Waals surface area contributed by atoms with E-state index in [0.29, 0.717) is 6.42 Å². The van der Waals surface area contributed by atoms with Gasteiger partial charge in [-0.15, -0.1) is 0 Å². The third-order valence-corrected chi connectivity index (χ3v) is 12.2. The molecule has 1 heterocycles. The highest BCUT2D eigenvalue weighted by molar-refractivity contribution is 5.76. The van der Waals surface area contributed by atoms with Crippen molar-refractivity contribution in [2.75, 3.05) is 13.2 Å². The van der Waals surface area contributed by atoms with E-state index in [1.165, 1.54) is 154 Å². The van der Waals surface area contributed by atoms with E-state index in [1.807, 2.05) is 6.08 Å². The minimum Gasteiger partial charge on any atom is -0.394 e. The minimum absolute atomic E-state index is 0.201. The van der Waals surface area contributed by atoms with Crippen LogP contribution in [0.5, 0.6) is 0 Å². The van der Waals surface area contributed by atoms with Crippen molar-refractivity contribution in [3.8, 4) is 0 Å². The van der Waals surface area contributed by atoms with Crippen molar-refractivity contribution >= 4 is 5.91 Å². The van der Waals surface area contributed by atoms with E-state index >= 15 is 0 Å². The van der Waals surface area contributed by atoms with E-state index in [-0.39, 0.29) is 12.5 Å². The lowest BCUT2D eigenvalue weighted by atomic mass is 9.99. The predicted molar refractivity (Wildman–Crippen MR) is 253 cm³/mol. The number of hydrogen-bond acceptors (Lipinski definition) is 8. The fraction of sp³-hybridized carbons (Fsp3) is 0.865. The van der Waals surface area contributed by atoms with E-state index in [0.717, 1.165) is 57.8 Å². The smallest absolute Gasteiger partial charge is 0.220 e. The van der Waals surface area contributed by atoms with Gasteiger partial charge in [0.1, 0.15) is 24.4 Å². The van der Waals surface area contributed by atoms with Crippen LogP contribution in [0.2, 0.25) is 0 Å². The van der Waals surface area contributed by atoms with Gasteiger partial charge < -0.3 is 40.3 Å². The highest BCUT2D eigenvalue weighted by Crippen LogP contribution is 2.23. The molecule has 0 spiro atoms. The monoisotopic (exact) mass is 864 g/mol. The number of nitrogens with one attached hydrogen (secondary N) is 1. The van der Waals surface area contributed by atoms with Crippen molar-refractivity contribution < 1.29 is 39.8 Å². The van der Waals surface area contributed by atoms with Crippen LogP contribution >= 0.6 is 0 Å². The molecule has 61 heavy (non-hydrogen) atoms. The van der Waals surface area contributed by atoms with Gasteiger partial charge in [-0.05, 0) is 44.9 Å². The van der Waals surface area contributed by atoms with Crippen molar-refractivity contribution in [2.24, 2.45) is 0 Å². The third-order valence-electron chi connectivity index (χ3n) is 12.2. The number of aliphatic hydroxyl groups excluding tert-OH is 5. The van der Waals surface area contributed by atoms with E-state index in [4.69, 9.17) is 9.47 Å². The Hall–Kier alpha value is -1.59. The number of carbonyl (C=O) groups excluding carboxylic acids is 1. The SMILES string of the molecule is CCCCCCCCCCCCCCCCCCCCCCCC/C=C/CC/C=C/CC/C=C/C(O)C(COC1OC(CO)C(O)C(O)C1O)NC(=O)CCCCCCCC. The van der Waals surface area contributed by atoms with Gasteiger partial charge in [-0.1, -0.05) is 217 Å². The molecule has 0 saturated carbocycles. The van der Waals surface area contributed by atoms with Crippen LogP contribution in [-0.4, -0.2) is 87.5 Å². The zero-order valence-corrected chi connectivity index (χ0v) is 39.4. The highest BCUT2D eigenvalue weighted by Gasteiger charge is 2.44. The molecule has 1 saturated heterocycles. The van der Waals surface area contributed by atoms with Gasteiger partial charge in [-0.25, -0.2) is 0 Å². The summed E-state index contributed by atoms with van der Waals surface area (Å²) in [6.45, 7) is 3.68. The average molecular weight is 864 g/mol. The first-order valence-corrected chi connectivity index (χ1v) is 25.7. The van der Waals surface area contributed by atoms with Crippen molar-refractivity contribution in [1.82, 2.24) is 5.32 Å². The molecule has 0 aromatic heterocycles. The van der Waals surface area contributed by atoms with E-state index in [1.54, 1.807) is 6.08 Å². The highest BCUT2D eigenvalue weighted by atomic mass is 16.7. The Labute approximate surface area is 374 Å². The molecule has 1 fully saturated rings. The normalized spacial score (nSPS) is 20.7. The van der Waals surface area contributed by atoms with Gasteiger partial charge in [0.2, 0.25) is 5.91 Å². The first kappa shape index (κ1) is 57.4. The summed E-state index contributed by atoms with van der Waals surface area (Å²) in [4.78, 5) is 12.8. The number of hydrogen-bond donors (Lipinski definition) is 6. The van der Waals surface area contributed by atoms with Crippen LogP contribution in [0.4, 0.5) is 0 Å². The number of carbonyl (C=O) groups is 1. The van der Waals surface area contributed by atoms with Gasteiger partial charge in [-0.2, -0.15) is 0 Å². The molecule has 358 valence electrons. The van der Waals surface area contributed by atoms with Crippen LogP contribution in [0.25, 0.3) is 0 Å². The third kappa shape index (κ3) is 32.7. The van der Waals surface area contributed by atoms with Crippen LogP contribution in [0.15, 0.2) is 36.5 Å².